The number of alkyl halides is 3. The Bertz CT molecular complexity index is 1550. The summed E-state index contributed by atoms with van der Waals surface area (Å²) in [5, 5.41) is 0.759. The normalized spacial score (nSPS) is 15.6. The molecule has 1 aliphatic rings. The first kappa shape index (κ1) is 26.7. The van der Waals surface area contributed by atoms with Gasteiger partial charge in [-0.15, -0.1) is 0 Å². The highest BCUT2D eigenvalue weighted by Crippen LogP contribution is 2.39. The fourth-order valence-corrected chi connectivity index (χ4v) is 5.51. The first-order chi connectivity index (χ1) is 18.6. The minimum atomic E-state index is -4.68. The van der Waals surface area contributed by atoms with E-state index in [0.29, 0.717) is 37.2 Å². The van der Waals surface area contributed by atoms with E-state index in [-0.39, 0.29) is 18.2 Å². The van der Waals surface area contributed by atoms with Crippen molar-refractivity contribution in [1.29, 1.82) is 0 Å². The number of nitrogens with zero attached hydrogens (tertiary/aromatic N) is 3. The number of rotatable bonds is 5. The second kappa shape index (κ2) is 10.4. The molecule has 2 aromatic carbocycles. The topological polar surface area (TPSA) is 35.2 Å². The number of piperidine rings is 1. The molecule has 0 unspecified atom stereocenters. The van der Waals surface area contributed by atoms with E-state index in [0.717, 1.165) is 45.5 Å². The van der Waals surface area contributed by atoms with Gasteiger partial charge in [0, 0.05) is 54.9 Å². The third-order valence-corrected chi connectivity index (χ3v) is 7.38. The van der Waals surface area contributed by atoms with Crippen molar-refractivity contribution in [3.63, 3.8) is 0 Å². The molecule has 1 fully saturated rings. The molecule has 204 valence electrons. The maximum atomic E-state index is 14.9. The molecule has 0 bridgehead atoms. The van der Waals surface area contributed by atoms with Crippen molar-refractivity contribution in [2.45, 2.75) is 39.3 Å². The number of aryl methyl sites for hydroxylation is 2. The zero-order valence-electron chi connectivity index (χ0n) is 22.0. The number of hydrogen-bond acceptors (Lipinski definition) is 3. The number of nitrogens with one attached hydrogen (secondary N) is 1. The van der Waals surface area contributed by atoms with Gasteiger partial charge in [-0.1, -0.05) is 25.1 Å². The average Bonchev–Trinajstić information content (AvgIpc) is 3.32. The molecule has 5 rings (SSSR count). The molecule has 2 aromatic heterocycles. The summed E-state index contributed by atoms with van der Waals surface area (Å²) in [6.45, 7) is 4.71. The summed E-state index contributed by atoms with van der Waals surface area (Å²) < 4.78 is 69.0. The van der Waals surface area contributed by atoms with Crippen molar-refractivity contribution in [1.82, 2.24) is 9.97 Å². The molecule has 9 heteroatoms. The predicted octanol–water partition coefficient (Wildman–Crippen LogP) is 7.88. The van der Waals surface area contributed by atoms with Gasteiger partial charge in [-0.25, -0.2) is 13.8 Å². The molecule has 0 amide bonds. The molecular weight excluding hydrogens is 511 g/mol. The van der Waals surface area contributed by atoms with Crippen molar-refractivity contribution >= 4 is 28.1 Å². The van der Waals surface area contributed by atoms with Gasteiger partial charge in [0.2, 0.25) is 0 Å². The van der Waals surface area contributed by atoms with E-state index in [2.05, 4.69) is 27.9 Å². The Morgan fingerprint density at radius 1 is 1.10 bits per heavy atom. The Labute approximate surface area is 223 Å². The zero-order chi connectivity index (χ0) is 27.9. The monoisotopic (exact) mass is 540 g/mol. The van der Waals surface area contributed by atoms with E-state index in [9.17, 15) is 22.0 Å². The lowest BCUT2D eigenvalue weighted by atomic mass is 9.94. The van der Waals surface area contributed by atoms with Gasteiger partial charge in [-0.2, -0.15) is 13.2 Å². The number of hydrogen-bond donors (Lipinski definition) is 1. The van der Waals surface area contributed by atoms with Crippen LogP contribution in [0.4, 0.5) is 33.5 Å². The highest BCUT2D eigenvalue weighted by molar-refractivity contribution is 5.99. The van der Waals surface area contributed by atoms with Crippen LogP contribution in [0.3, 0.4) is 0 Å². The maximum absolute atomic E-state index is 14.9. The molecule has 0 aliphatic carbocycles. The highest BCUT2D eigenvalue weighted by Gasteiger charge is 2.33. The van der Waals surface area contributed by atoms with Crippen LogP contribution in [-0.4, -0.2) is 30.1 Å². The molecule has 0 atom stereocenters. The molecule has 1 saturated heterocycles. The van der Waals surface area contributed by atoms with Crippen LogP contribution in [0.15, 0.2) is 60.4 Å². The van der Waals surface area contributed by atoms with Crippen LogP contribution in [0.1, 0.15) is 42.0 Å². The van der Waals surface area contributed by atoms with Crippen LogP contribution in [0.5, 0.6) is 0 Å². The van der Waals surface area contributed by atoms with E-state index in [1.54, 1.807) is 17.2 Å². The summed E-state index contributed by atoms with van der Waals surface area (Å²) in [5.74, 6) is -1.48. The molecule has 0 radical (unpaired) electrons. The summed E-state index contributed by atoms with van der Waals surface area (Å²) >= 11 is 0. The van der Waals surface area contributed by atoms with E-state index in [1.165, 1.54) is 6.07 Å². The Morgan fingerprint density at radius 3 is 2.59 bits per heavy atom. The van der Waals surface area contributed by atoms with Gasteiger partial charge in [-0.05, 0) is 67.2 Å². The molecule has 4 nitrogen and oxygen atoms in total. The maximum Gasteiger partial charge on any atom is 0.417 e. The lowest BCUT2D eigenvalue weighted by Crippen LogP contribution is -2.34. The number of anilines is 2. The quantitative estimate of drug-likeness (QED) is 0.262. The Morgan fingerprint density at radius 2 is 1.87 bits per heavy atom. The second-order valence-corrected chi connectivity index (χ2v) is 9.86. The van der Waals surface area contributed by atoms with Gasteiger partial charge in [0.15, 0.2) is 11.6 Å². The van der Waals surface area contributed by atoms with Crippen LogP contribution in [0.25, 0.3) is 16.6 Å². The molecule has 4 aromatic rings. The smallest absolute Gasteiger partial charge is 0.359 e. The van der Waals surface area contributed by atoms with Gasteiger partial charge in [-0.3, -0.25) is 0 Å². The predicted molar refractivity (Wildman–Crippen MR) is 145 cm³/mol. The Kier molecular flexibility index (Phi) is 7.09. The molecule has 1 aliphatic heterocycles. The Balaban J connectivity index is 1.67. The van der Waals surface area contributed by atoms with Gasteiger partial charge < -0.3 is 14.8 Å². The largest absolute Gasteiger partial charge is 0.417 e. The first-order valence-electron chi connectivity index (χ1n) is 12.9. The summed E-state index contributed by atoms with van der Waals surface area (Å²) in [5.41, 5.74) is 4.95. The third-order valence-electron chi connectivity index (χ3n) is 7.38. The summed E-state index contributed by atoms with van der Waals surface area (Å²) in [4.78, 5) is 10.7. The standard InChI is InChI=1S/C30H29F5N4/c1-4-19-8-5-6-10-25(19)38(3)28(22-11-12-23(31)27-26(22)18(2)15-36-27)20-9-7-13-39(17-20)29-24(32)14-21(16-37-29)30(33,34)35/h5-6,8,10-12,14-16,36H,4,7,9,13,17H2,1-3H3/b28-20+. The lowest BCUT2D eigenvalue weighted by molar-refractivity contribution is -0.138. The average molecular weight is 541 g/mol. The molecule has 3 heterocycles. The fraction of sp³-hybridized carbons (Fsp3) is 0.300. The van der Waals surface area contributed by atoms with E-state index >= 15 is 0 Å². The second-order valence-electron chi connectivity index (χ2n) is 9.86. The van der Waals surface area contributed by atoms with Crippen molar-refractivity contribution in [2.75, 3.05) is 29.9 Å². The molecule has 0 spiro atoms. The summed E-state index contributed by atoms with van der Waals surface area (Å²) in [7, 11) is 1.96. The van der Waals surface area contributed by atoms with Gasteiger partial charge in [0.05, 0.1) is 11.1 Å². The molecule has 0 saturated carbocycles. The highest BCUT2D eigenvalue weighted by atomic mass is 19.4. The summed E-state index contributed by atoms with van der Waals surface area (Å²) in [6, 6.07) is 11.7. The first-order valence-corrected chi connectivity index (χ1v) is 12.9. The molecule has 1 N–H and O–H groups in total. The van der Waals surface area contributed by atoms with Crippen molar-refractivity contribution in [3.05, 3.63) is 94.3 Å². The minimum Gasteiger partial charge on any atom is -0.359 e. The SMILES string of the molecule is CCc1ccccc1N(C)/C(=C1\CCCN(c2ncc(C(F)(F)F)cc2F)C1)c1ccc(F)c2[nH]cc(C)c12. The van der Waals surface area contributed by atoms with Gasteiger partial charge >= 0.3 is 6.18 Å². The number of H-pyrrole nitrogens is 1. The lowest BCUT2D eigenvalue weighted by Gasteiger charge is -2.35. The number of aromatic nitrogens is 2. The number of fused-ring (bicyclic) bond motifs is 1. The number of benzene rings is 2. The molecule has 39 heavy (non-hydrogen) atoms. The van der Waals surface area contributed by atoms with E-state index in [4.69, 9.17) is 0 Å². The zero-order valence-corrected chi connectivity index (χ0v) is 22.0. The number of halogens is 5. The Hall–Kier alpha value is -3.88. The van der Waals surface area contributed by atoms with E-state index < -0.39 is 17.6 Å². The van der Waals surface area contributed by atoms with Crippen LogP contribution in [0.2, 0.25) is 0 Å². The minimum absolute atomic E-state index is 0.113. The van der Waals surface area contributed by atoms with E-state index in [1.807, 2.05) is 32.2 Å². The van der Waals surface area contributed by atoms with Gasteiger partial charge in [0.1, 0.15) is 5.82 Å². The number of para-hydroxylation sites is 1. The molecular formula is C30H29F5N4. The fourth-order valence-electron chi connectivity index (χ4n) is 5.51. The van der Waals surface area contributed by atoms with Crippen LogP contribution in [-0.2, 0) is 12.6 Å². The number of aromatic amines is 1. The van der Waals surface area contributed by atoms with Crippen LogP contribution < -0.4 is 9.80 Å². The van der Waals surface area contributed by atoms with Crippen molar-refractivity contribution in [3.8, 4) is 0 Å². The van der Waals surface area contributed by atoms with Crippen molar-refractivity contribution in [2.24, 2.45) is 0 Å². The van der Waals surface area contributed by atoms with Gasteiger partial charge in [0.25, 0.3) is 0 Å². The third kappa shape index (κ3) is 4.97. The number of pyridine rings is 1. The van der Waals surface area contributed by atoms with Crippen LogP contribution >= 0.6 is 0 Å². The summed E-state index contributed by atoms with van der Waals surface area (Å²) in [6.07, 6.45) is -0.0836. The van der Waals surface area contributed by atoms with Crippen molar-refractivity contribution < 1.29 is 22.0 Å². The van der Waals surface area contributed by atoms with Crippen LogP contribution in [0, 0.1) is 18.6 Å².